The van der Waals surface area contributed by atoms with E-state index < -0.39 is 10.8 Å². The Balaban J connectivity index is 1.59. The van der Waals surface area contributed by atoms with Crippen molar-refractivity contribution in [2.24, 2.45) is 0 Å². The zero-order chi connectivity index (χ0) is 25.2. The van der Waals surface area contributed by atoms with Gasteiger partial charge in [-0.25, -0.2) is 4.21 Å². The number of methoxy groups -OCH3 is 1. The summed E-state index contributed by atoms with van der Waals surface area (Å²) in [6.45, 7) is 6.58. The van der Waals surface area contributed by atoms with E-state index >= 15 is 0 Å². The van der Waals surface area contributed by atoms with E-state index in [-0.39, 0.29) is 12.1 Å². The fourth-order valence-electron chi connectivity index (χ4n) is 3.68. The summed E-state index contributed by atoms with van der Waals surface area (Å²) in [6, 6.07) is 21.3. The zero-order valence-corrected chi connectivity index (χ0v) is 21.7. The molecule has 3 rings (SSSR count). The molecule has 186 valence electrons. The number of carbonyl (C=O) groups is 1. The first-order chi connectivity index (χ1) is 16.9. The van der Waals surface area contributed by atoms with Gasteiger partial charge in [0.15, 0.2) is 0 Å². The van der Waals surface area contributed by atoms with Crippen LogP contribution in [0.4, 0.5) is 0 Å². The third-order valence-corrected chi connectivity index (χ3v) is 7.25. The highest BCUT2D eigenvalue weighted by Crippen LogP contribution is 2.29. The van der Waals surface area contributed by atoms with Gasteiger partial charge < -0.3 is 14.2 Å². The van der Waals surface area contributed by atoms with Gasteiger partial charge in [-0.1, -0.05) is 37.3 Å². The number of ether oxygens (including phenoxy) is 3. The molecule has 5 nitrogen and oxygen atoms in total. The highest BCUT2D eigenvalue weighted by atomic mass is 32.2. The molecule has 0 aliphatic heterocycles. The van der Waals surface area contributed by atoms with Crippen molar-refractivity contribution in [3.8, 4) is 11.5 Å². The maximum absolute atomic E-state index is 13.3. The van der Waals surface area contributed by atoms with Crippen molar-refractivity contribution >= 4 is 16.8 Å². The van der Waals surface area contributed by atoms with Gasteiger partial charge in [0, 0.05) is 17.7 Å². The van der Waals surface area contributed by atoms with Crippen LogP contribution in [0.5, 0.6) is 11.5 Å². The summed E-state index contributed by atoms with van der Waals surface area (Å²) < 4.78 is 30.1. The molecule has 6 heteroatoms. The van der Waals surface area contributed by atoms with Gasteiger partial charge in [0.05, 0.1) is 35.5 Å². The Morgan fingerprint density at radius 2 is 1.80 bits per heavy atom. The third-order valence-electron chi connectivity index (χ3n) is 5.83. The minimum atomic E-state index is -1.32. The van der Waals surface area contributed by atoms with Crippen molar-refractivity contribution in [3.63, 3.8) is 0 Å². The zero-order valence-electron chi connectivity index (χ0n) is 20.9. The van der Waals surface area contributed by atoms with Crippen molar-refractivity contribution in [3.05, 3.63) is 83.4 Å². The van der Waals surface area contributed by atoms with Gasteiger partial charge in [0.1, 0.15) is 11.5 Å². The summed E-state index contributed by atoms with van der Waals surface area (Å²) in [6.07, 6.45) is 2.43. The molecule has 0 bridgehead atoms. The molecule has 3 aromatic rings. The van der Waals surface area contributed by atoms with Crippen LogP contribution in [-0.4, -0.2) is 30.0 Å². The van der Waals surface area contributed by atoms with Crippen molar-refractivity contribution in [2.75, 3.05) is 13.7 Å². The summed E-state index contributed by atoms with van der Waals surface area (Å²) in [7, 11) is 0.0855. The quantitative estimate of drug-likeness (QED) is 0.286. The minimum Gasteiger partial charge on any atom is -0.493 e. The topological polar surface area (TPSA) is 61.8 Å². The van der Waals surface area contributed by atoms with E-state index in [2.05, 4.69) is 6.92 Å². The van der Waals surface area contributed by atoms with Crippen molar-refractivity contribution in [1.29, 1.82) is 0 Å². The molecule has 0 amide bonds. The first kappa shape index (κ1) is 26.5. The fourth-order valence-corrected chi connectivity index (χ4v) is 4.90. The second-order valence-electron chi connectivity index (χ2n) is 8.45. The number of hydrogen-bond acceptors (Lipinski definition) is 5. The Labute approximate surface area is 210 Å². The molecule has 0 radical (unpaired) electrons. The van der Waals surface area contributed by atoms with Gasteiger partial charge in [-0.3, -0.25) is 4.79 Å². The van der Waals surface area contributed by atoms with Crippen LogP contribution in [-0.2, 0) is 33.2 Å². The molecule has 0 aromatic heterocycles. The lowest BCUT2D eigenvalue weighted by atomic mass is 10.0. The van der Waals surface area contributed by atoms with Gasteiger partial charge in [-0.05, 0) is 79.8 Å². The number of carbonyl (C=O) groups excluding carboxylic acids is 1. The normalized spacial score (nSPS) is 12.6. The van der Waals surface area contributed by atoms with Crippen LogP contribution in [0.2, 0.25) is 0 Å². The minimum absolute atomic E-state index is 0.116. The average molecular weight is 495 g/mol. The van der Waals surface area contributed by atoms with Crippen LogP contribution in [0.3, 0.4) is 0 Å². The first-order valence-electron chi connectivity index (χ1n) is 12.0. The first-order valence-corrected chi connectivity index (χ1v) is 13.1. The van der Waals surface area contributed by atoms with Crippen molar-refractivity contribution < 1.29 is 23.2 Å². The van der Waals surface area contributed by atoms with Crippen molar-refractivity contribution in [2.45, 2.75) is 62.3 Å². The Hall–Kier alpha value is -3.12. The molecule has 0 saturated heterocycles. The van der Waals surface area contributed by atoms with Crippen LogP contribution in [0.1, 0.15) is 43.4 Å². The predicted molar refractivity (Wildman–Crippen MR) is 139 cm³/mol. The fraction of sp³-hybridized carbons (Fsp3) is 0.345. The molecule has 0 aliphatic rings. The number of hydrogen-bond donors (Lipinski definition) is 0. The molecule has 3 aromatic carbocycles. The Morgan fingerprint density at radius 3 is 2.49 bits per heavy atom. The Bertz CT molecular complexity index is 1140. The second-order valence-corrected chi connectivity index (χ2v) is 9.90. The summed E-state index contributed by atoms with van der Waals surface area (Å²) in [5, 5.41) is 0. The van der Waals surface area contributed by atoms with Crippen LogP contribution < -0.4 is 9.47 Å². The number of rotatable bonds is 12. The van der Waals surface area contributed by atoms with Gasteiger partial charge in [0.2, 0.25) is 0 Å². The van der Waals surface area contributed by atoms with Gasteiger partial charge in [-0.15, -0.1) is 0 Å². The third kappa shape index (κ3) is 7.69. The number of benzene rings is 3. The maximum Gasteiger partial charge on any atom is 0.305 e. The standard InChI is InChI=1S/C29H34O5S/c1-5-23-11-15-27(28(20-23)35(31)26-9-7-6-8-10-26)34-22(3)17-18-33-25-14-12-24(21(2)19-25)13-16-29(30)32-4/h6-12,14-15,19-20,22H,5,13,16-18H2,1-4H3/t22-,35+/m1/s1. The van der Waals surface area contributed by atoms with Gasteiger partial charge in [-0.2, -0.15) is 0 Å². The second kappa shape index (κ2) is 13.1. The van der Waals surface area contributed by atoms with E-state index in [1.165, 1.54) is 7.11 Å². The lowest BCUT2D eigenvalue weighted by molar-refractivity contribution is -0.140. The molecule has 0 unspecified atom stereocenters. The molecule has 0 saturated carbocycles. The lowest BCUT2D eigenvalue weighted by Crippen LogP contribution is -2.17. The Kier molecular flexibility index (Phi) is 9.91. The van der Waals surface area contributed by atoms with E-state index in [0.29, 0.717) is 36.5 Å². The summed E-state index contributed by atoms with van der Waals surface area (Å²) >= 11 is 0. The molecular formula is C29H34O5S. The van der Waals surface area contributed by atoms with Crippen LogP contribution in [0.25, 0.3) is 0 Å². The summed E-state index contributed by atoms with van der Waals surface area (Å²) in [4.78, 5) is 12.8. The number of esters is 1. The van der Waals surface area contributed by atoms with Crippen molar-refractivity contribution in [1.82, 2.24) is 0 Å². The van der Waals surface area contributed by atoms with Crippen LogP contribution in [0.15, 0.2) is 76.5 Å². The highest BCUT2D eigenvalue weighted by Gasteiger charge is 2.16. The Morgan fingerprint density at radius 1 is 1.03 bits per heavy atom. The predicted octanol–water partition coefficient (Wildman–Crippen LogP) is 6.07. The molecule has 0 N–H and O–H groups in total. The smallest absolute Gasteiger partial charge is 0.305 e. The van der Waals surface area contributed by atoms with Gasteiger partial charge >= 0.3 is 5.97 Å². The summed E-state index contributed by atoms with van der Waals surface area (Å²) in [5.41, 5.74) is 3.31. The molecule has 0 heterocycles. The molecule has 35 heavy (non-hydrogen) atoms. The maximum atomic E-state index is 13.3. The lowest BCUT2D eigenvalue weighted by Gasteiger charge is -2.18. The van der Waals surface area contributed by atoms with E-state index in [4.69, 9.17) is 14.2 Å². The van der Waals surface area contributed by atoms with Gasteiger partial charge in [0.25, 0.3) is 0 Å². The average Bonchev–Trinajstić information content (AvgIpc) is 2.88. The molecule has 2 atom stereocenters. The highest BCUT2D eigenvalue weighted by molar-refractivity contribution is 7.85. The largest absolute Gasteiger partial charge is 0.493 e. The SMILES string of the molecule is CCc1ccc(O[C@H](C)CCOc2ccc(CCC(=O)OC)c(C)c2)c([S@@](=O)c2ccccc2)c1. The number of aryl methyl sites for hydroxylation is 3. The van der Waals surface area contributed by atoms with Crippen LogP contribution >= 0.6 is 0 Å². The van der Waals surface area contributed by atoms with E-state index in [1.54, 1.807) is 0 Å². The molecule has 0 spiro atoms. The molecule has 0 fully saturated rings. The molecular weight excluding hydrogens is 460 g/mol. The van der Waals surface area contributed by atoms with Crippen LogP contribution in [0, 0.1) is 6.92 Å². The van der Waals surface area contributed by atoms with E-state index in [1.807, 2.05) is 80.6 Å². The van der Waals surface area contributed by atoms with E-state index in [0.717, 1.165) is 33.8 Å². The monoisotopic (exact) mass is 494 g/mol. The van der Waals surface area contributed by atoms with E-state index in [9.17, 15) is 9.00 Å². The summed E-state index contributed by atoms with van der Waals surface area (Å²) in [5.74, 6) is 1.22. The molecule has 0 aliphatic carbocycles.